The van der Waals surface area contributed by atoms with Crippen LogP contribution in [0.2, 0.25) is 0 Å². The van der Waals surface area contributed by atoms with Crippen molar-refractivity contribution in [3.05, 3.63) is 11.9 Å². The molecule has 1 heterocycles. The summed E-state index contributed by atoms with van der Waals surface area (Å²) in [6, 6.07) is 0.599. The van der Waals surface area contributed by atoms with Gasteiger partial charge in [-0.25, -0.2) is 4.68 Å². The van der Waals surface area contributed by atoms with E-state index in [2.05, 4.69) is 33.4 Å². The molecule has 0 saturated heterocycles. The topological polar surface area (TPSA) is 42.7 Å². The average Bonchev–Trinajstić information content (AvgIpc) is 2.76. The Bertz CT molecular complexity index is 289. The molecule has 1 aromatic rings. The predicted octanol–water partition coefficient (Wildman–Crippen LogP) is 1.89. The first kappa shape index (κ1) is 10.6. The van der Waals surface area contributed by atoms with Gasteiger partial charge in [0.1, 0.15) is 0 Å². The van der Waals surface area contributed by atoms with Crippen LogP contribution < -0.4 is 5.32 Å². The number of hydrogen-bond acceptors (Lipinski definition) is 3. The van der Waals surface area contributed by atoms with E-state index in [-0.39, 0.29) is 0 Å². The summed E-state index contributed by atoms with van der Waals surface area (Å²) in [6.45, 7) is 3.92. The zero-order valence-electron chi connectivity index (χ0n) is 9.45. The first-order chi connectivity index (χ1) is 7.40. The van der Waals surface area contributed by atoms with Gasteiger partial charge in [0.15, 0.2) is 0 Å². The van der Waals surface area contributed by atoms with E-state index < -0.39 is 0 Å². The fraction of sp³-hybridized carbons (Fsp3) is 0.818. The van der Waals surface area contributed by atoms with Crippen LogP contribution in [0, 0.1) is 0 Å². The molecule has 2 rings (SSSR count). The van der Waals surface area contributed by atoms with Crippen molar-refractivity contribution >= 4 is 0 Å². The lowest BCUT2D eigenvalue weighted by molar-refractivity contribution is 0.324. The van der Waals surface area contributed by atoms with Crippen molar-refractivity contribution in [1.29, 1.82) is 0 Å². The van der Waals surface area contributed by atoms with Gasteiger partial charge in [-0.3, -0.25) is 0 Å². The molecule has 1 fully saturated rings. The molecule has 0 radical (unpaired) electrons. The second kappa shape index (κ2) is 5.26. The first-order valence-corrected chi connectivity index (χ1v) is 6.01. The molecule has 4 heteroatoms. The number of nitrogens with zero attached hydrogens (tertiary/aromatic N) is 3. The lowest BCUT2D eigenvalue weighted by atomic mass is 9.96. The highest BCUT2D eigenvalue weighted by Gasteiger charge is 2.16. The van der Waals surface area contributed by atoms with E-state index in [1.165, 1.54) is 32.1 Å². The molecule has 0 amide bonds. The van der Waals surface area contributed by atoms with Gasteiger partial charge in [0.25, 0.3) is 0 Å². The van der Waals surface area contributed by atoms with E-state index in [1.807, 2.05) is 0 Å². The third-order valence-electron chi connectivity index (χ3n) is 3.06. The molecule has 0 bridgehead atoms. The van der Waals surface area contributed by atoms with Crippen molar-refractivity contribution in [2.24, 2.45) is 0 Å². The first-order valence-electron chi connectivity index (χ1n) is 6.01. The van der Waals surface area contributed by atoms with Crippen molar-refractivity contribution in [2.75, 3.05) is 6.54 Å². The van der Waals surface area contributed by atoms with Crippen LogP contribution in [0.5, 0.6) is 0 Å². The van der Waals surface area contributed by atoms with Crippen LogP contribution in [0.4, 0.5) is 0 Å². The van der Waals surface area contributed by atoms with Crippen molar-refractivity contribution in [3.63, 3.8) is 0 Å². The third-order valence-corrected chi connectivity index (χ3v) is 3.06. The van der Waals surface area contributed by atoms with Crippen molar-refractivity contribution in [1.82, 2.24) is 20.3 Å². The van der Waals surface area contributed by atoms with Crippen molar-refractivity contribution in [3.8, 4) is 0 Å². The summed E-state index contributed by atoms with van der Waals surface area (Å²) in [5.74, 6) is 0. The van der Waals surface area contributed by atoms with Crippen LogP contribution in [-0.2, 0) is 6.54 Å². The van der Waals surface area contributed by atoms with Crippen LogP contribution in [0.25, 0.3) is 0 Å². The van der Waals surface area contributed by atoms with Gasteiger partial charge in [-0.05, 0) is 19.4 Å². The molecule has 84 valence electrons. The summed E-state index contributed by atoms with van der Waals surface area (Å²) < 4.78 is 2.06. The van der Waals surface area contributed by atoms with Gasteiger partial charge in [0.2, 0.25) is 0 Å². The summed E-state index contributed by atoms with van der Waals surface area (Å²) in [7, 11) is 0. The molecule has 1 aliphatic rings. The third kappa shape index (κ3) is 2.78. The Balaban J connectivity index is 1.93. The van der Waals surface area contributed by atoms with Gasteiger partial charge in [-0.15, -0.1) is 5.10 Å². The SMILES string of the molecule is CCNCc1cn(C2CCCCC2)nn1. The molecule has 0 aliphatic heterocycles. The van der Waals surface area contributed by atoms with Crippen LogP contribution >= 0.6 is 0 Å². The van der Waals surface area contributed by atoms with Gasteiger partial charge in [0.05, 0.1) is 17.9 Å². The van der Waals surface area contributed by atoms with E-state index in [0.717, 1.165) is 18.8 Å². The number of hydrogen-bond donors (Lipinski definition) is 1. The quantitative estimate of drug-likeness (QED) is 0.821. The van der Waals surface area contributed by atoms with E-state index in [1.54, 1.807) is 0 Å². The minimum absolute atomic E-state index is 0.599. The molecule has 1 saturated carbocycles. The normalized spacial score (nSPS) is 18.2. The van der Waals surface area contributed by atoms with E-state index >= 15 is 0 Å². The average molecular weight is 208 g/mol. The Kier molecular flexibility index (Phi) is 3.72. The molecule has 1 aromatic heterocycles. The van der Waals surface area contributed by atoms with E-state index in [4.69, 9.17) is 0 Å². The summed E-state index contributed by atoms with van der Waals surface area (Å²) >= 11 is 0. The molecule has 0 aromatic carbocycles. The molecule has 1 aliphatic carbocycles. The van der Waals surface area contributed by atoms with Gasteiger partial charge in [-0.1, -0.05) is 31.4 Å². The molecular formula is C11H20N4. The van der Waals surface area contributed by atoms with Gasteiger partial charge in [0, 0.05) is 6.54 Å². The molecule has 0 spiro atoms. The minimum atomic E-state index is 0.599. The fourth-order valence-electron chi connectivity index (χ4n) is 2.17. The summed E-state index contributed by atoms with van der Waals surface area (Å²) in [6.07, 6.45) is 8.70. The highest BCUT2D eigenvalue weighted by Crippen LogP contribution is 2.27. The highest BCUT2D eigenvalue weighted by molar-refractivity contribution is 4.93. The second-order valence-corrected chi connectivity index (χ2v) is 4.26. The zero-order valence-corrected chi connectivity index (χ0v) is 9.45. The van der Waals surface area contributed by atoms with Crippen LogP contribution in [0.3, 0.4) is 0 Å². The molecule has 0 unspecified atom stereocenters. The highest BCUT2D eigenvalue weighted by atomic mass is 15.4. The Morgan fingerprint density at radius 3 is 2.93 bits per heavy atom. The van der Waals surface area contributed by atoms with Crippen molar-refractivity contribution < 1.29 is 0 Å². The lowest BCUT2D eigenvalue weighted by Crippen LogP contribution is -2.13. The number of aromatic nitrogens is 3. The Morgan fingerprint density at radius 1 is 1.40 bits per heavy atom. The second-order valence-electron chi connectivity index (χ2n) is 4.26. The summed E-state index contributed by atoms with van der Waals surface area (Å²) in [4.78, 5) is 0. The maximum Gasteiger partial charge on any atom is 0.0964 e. The minimum Gasteiger partial charge on any atom is -0.311 e. The monoisotopic (exact) mass is 208 g/mol. The van der Waals surface area contributed by atoms with E-state index in [0.29, 0.717) is 6.04 Å². The fourth-order valence-corrected chi connectivity index (χ4v) is 2.17. The molecule has 15 heavy (non-hydrogen) atoms. The molecular weight excluding hydrogens is 188 g/mol. The smallest absolute Gasteiger partial charge is 0.0964 e. The van der Waals surface area contributed by atoms with Crippen LogP contribution in [-0.4, -0.2) is 21.5 Å². The van der Waals surface area contributed by atoms with Crippen molar-refractivity contribution in [2.45, 2.75) is 51.6 Å². The number of nitrogens with one attached hydrogen (secondary N) is 1. The molecule has 1 N–H and O–H groups in total. The Labute approximate surface area is 91.1 Å². The Morgan fingerprint density at radius 2 is 2.20 bits per heavy atom. The molecule has 0 atom stereocenters. The number of rotatable bonds is 4. The summed E-state index contributed by atoms with van der Waals surface area (Å²) in [5, 5.41) is 11.7. The summed E-state index contributed by atoms with van der Waals surface area (Å²) in [5.41, 5.74) is 1.06. The maximum atomic E-state index is 4.22. The van der Waals surface area contributed by atoms with Crippen LogP contribution in [0.1, 0.15) is 50.8 Å². The van der Waals surface area contributed by atoms with Gasteiger partial charge >= 0.3 is 0 Å². The van der Waals surface area contributed by atoms with Gasteiger partial charge < -0.3 is 5.32 Å². The maximum absolute atomic E-state index is 4.22. The lowest BCUT2D eigenvalue weighted by Gasteiger charge is -2.20. The predicted molar refractivity (Wildman–Crippen MR) is 59.5 cm³/mol. The molecule has 4 nitrogen and oxygen atoms in total. The van der Waals surface area contributed by atoms with Crippen LogP contribution in [0.15, 0.2) is 6.20 Å². The van der Waals surface area contributed by atoms with Gasteiger partial charge in [-0.2, -0.15) is 0 Å². The van der Waals surface area contributed by atoms with E-state index in [9.17, 15) is 0 Å². The zero-order chi connectivity index (χ0) is 10.5. The Hall–Kier alpha value is -0.900. The standard InChI is InChI=1S/C11H20N4/c1-2-12-8-10-9-15(14-13-10)11-6-4-3-5-7-11/h9,11-12H,2-8H2,1H3. The largest absolute Gasteiger partial charge is 0.311 e.